The van der Waals surface area contributed by atoms with Gasteiger partial charge in [0.1, 0.15) is 11.4 Å². The second-order valence-corrected chi connectivity index (χ2v) is 2.19. The van der Waals surface area contributed by atoms with Crippen LogP contribution in [0.2, 0.25) is 0 Å². The van der Waals surface area contributed by atoms with Gasteiger partial charge in [-0.25, -0.2) is 0 Å². The fourth-order valence-electron chi connectivity index (χ4n) is 0.899. The summed E-state index contributed by atoms with van der Waals surface area (Å²) >= 11 is 0. The van der Waals surface area contributed by atoms with E-state index in [1.807, 2.05) is 0 Å². The number of aryl methyl sites for hydroxylation is 2. The molecule has 11 heavy (non-hydrogen) atoms. The van der Waals surface area contributed by atoms with Crippen LogP contribution in [-0.4, -0.2) is 14.7 Å². The Morgan fingerprint density at radius 1 is 1.73 bits per heavy atom. The Morgan fingerprint density at radius 3 is 2.64 bits per heavy atom. The van der Waals surface area contributed by atoms with E-state index in [4.69, 9.17) is 4.11 Å². The molecule has 0 aliphatic rings. The second kappa shape index (κ2) is 2.34. The summed E-state index contributed by atoms with van der Waals surface area (Å²) in [6.07, 6.45) is 0. The van der Waals surface area contributed by atoms with Crippen molar-refractivity contribution < 1.29 is 9.04 Å². The van der Waals surface area contributed by atoms with Crippen LogP contribution < -0.4 is 0 Å². The molecule has 0 aromatic carbocycles. The van der Waals surface area contributed by atoms with Crippen LogP contribution in [0.1, 0.15) is 15.5 Å². The first-order valence-corrected chi connectivity index (χ1v) is 2.96. The van der Waals surface area contributed by atoms with Crippen LogP contribution in [0, 0.1) is 24.0 Å². The minimum atomic E-state index is -2.47. The Kier molecular flexibility index (Phi) is 0.951. The largest absolute Gasteiger partial charge is 0.312 e. The Labute approximate surface area is 68.0 Å². The summed E-state index contributed by atoms with van der Waals surface area (Å²) in [5, 5.41) is 14.2. The summed E-state index contributed by atoms with van der Waals surface area (Å²) in [5.41, 5.74) is -0.0720. The van der Waals surface area contributed by atoms with E-state index in [-0.39, 0.29) is 17.1 Å². The number of aromatic nitrogens is 2. The van der Waals surface area contributed by atoms with E-state index in [0.717, 1.165) is 0 Å². The van der Waals surface area contributed by atoms with Crippen molar-refractivity contribution in [3.63, 3.8) is 0 Å². The van der Waals surface area contributed by atoms with Gasteiger partial charge in [0.2, 0.25) is 0 Å². The molecule has 0 aliphatic carbocycles. The zero-order valence-electron chi connectivity index (χ0n) is 9.16. The molecule has 0 fully saturated rings. The molecular formula is C6H9N3O2. The summed E-state index contributed by atoms with van der Waals surface area (Å²) < 4.78 is 21.9. The van der Waals surface area contributed by atoms with Gasteiger partial charge in [0.15, 0.2) is 0 Å². The number of hydrogen-bond donors (Lipinski definition) is 0. The first kappa shape index (κ1) is 4.48. The summed E-state index contributed by atoms with van der Waals surface area (Å²) in [6, 6.07) is 0. The lowest BCUT2D eigenvalue weighted by Crippen LogP contribution is -1.94. The fourth-order valence-corrected chi connectivity index (χ4v) is 0.899. The van der Waals surface area contributed by atoms with E-state index in [0.29, 0.717) is 4.68 Å². The van der Waals surface area contributed by atoms with E-state index in [1.54, 1.807) is 0 Å². The SMILES string of the molecule is [2H]C([2H])([2H])n1nc(C)c([N+](=O)[O-])c1C. The monoisotopic (exact) mass is 158 g/mol. The summed E-state index contributed by atoms with van der Waals surface area (Å²) in [4.78, 5) is 9.93. The molecule has 1 aromatic rings. The summed E-state index contributed by atoms with van der Waals surface area (Å²) in [7, 11) is 0. The number of hydrogen-bond acceptors (Lipinski definition) is 3. The standard InChI is InChI=1S/C6H9N3O2/c1-4-6(9(10)11)5(2)8(3)7-4/h1-3H3/i3D3. The predicted molar refractivity (Wildman–Crippen MR) is 39.3 cm³/mol. The highest BCUT2D eigenvalue weighted by Gasteiger charge is 2.19. The molecule has 0 saturated heterocycles. The van der Waals surface area contributed by atoms with Crippen LogP contribution in [0.15, 0.2) is 0 Å². The van der Waals surface area contributed by atoms with Crippen molar-refractivity contribution >= 4 is 5.69 Å². The van der Waals surface area contributed by atoms with Gasteiger partial charge in [-0.15, -0.1) is 0 Å². The van der Waals surface area contributed by atoms with E-state index in [2.05, 4.69) is 5.10 Å². The van der Waals surface area contributed by atoms with Gasteiger partial charge in [-0.1, -0.05) is 0 Å². The average molecular weight is 158 g/mol. The van der Waals surface area contributed by atoms with Gasteiger partial charge in [-0.2, -0.15) is 5.10 Å². The molecule has 60 valence electrons. The van der Waals surface area contributed by atoms with Crippen LogP contribution in [0.5, 0.6) is 0 Å². The number of nitro groups is 1. The Morgan fingerprint density at radius 2 is 2.36 bits per heavy atom. The molecule has 0 atom stereocenters. The molecule has 1 aromatic heterocycles. The zero-order valence-corrected chi connectivity index (χ0v) is 6.16. The highest BCUT2D eigenvalue weighted by Crippen LogP contribution is 2.20. The predicted octanol–water partition coefficient (Wildman–Crippen LogP) is 0.945. The van der Waals surface area contributed by atoms with Crippen molar-refractivity contribution in [3.05, 3.63) is 21.5 Å². The molecule has 0 spiro atoms. The third-order valence-corrected chi connectivity index (χ3v) is 1.44. The molecule has 0 aliphatic heterocycles. The Bertz CT molecular complexity index is 382. The third-order valence-electron chi connectivity index (χ3n) is 1.44. The molecule has 1 rings (SSSR count). The van der Waals surface area contributed by atoms with Gasteiger partial charge >= 0.3 is 5.69 Å². The maximum absolute atomic E-state index is 10.6. The highest BCUT2D eigenvalue weighted by atomic mass is 16.6. The van der Waals surface area contributed by atoms with Crippen molar-refractivity contribution in [1.29, 1.82) is 0 Å². The lowest BCUT2D eigenvalue weighted by Gasteiger charge is -1.89. The first-order valence-electron chi connectivity index (χ1n) is 4.46. The van der Waals surface area contributed by atoms with Gasteiger partial charge in [-0.3, -0.25) is 14.8 Å². The van der Waals surface area contributed by atoms with Gasteiger partial charge in [-0.05, 0) is 13.8 Å². The summed E-state index contributed by atoms with van der Waals surface area (Å²) in [5.74, 6) is 0. The number of rotatable bonds is 1. The van der Waals surface area contributed by atoms with E-state index >= 15 is 0 Å². The maximum atomic E-state index is 10.6. The highest BCUT2D eigenvalue weighted by molar-refractivity contribution is 5.39. The van der Waals surface area contributed by atoms with Gasteiger partial charge in [0, 0.05) is 11.1 Å². The molecule has 0 unspecified atom stereocenters. The minimum absolute atomic E-state index is 0.0486. The molecule has 5 heteroatoms. The van der Waals surface area contributed by atoms with Crippen molar-refractivity contribution in [2.75, 3.05) is 0 Å². The average Bonchev–Trinajstić information content (AvgIpc) is 2.24. The summed E-state index contributed by atoms with van der Waals surface area (Å²) in [6.45, 7) is 0.307. The van der Waals surface area contributed by atoms with Crippen LogP contribution in [0.4, 0.5) is 5.69 Å². The van der Waals surface area contributed by atoms with Crippen LogP contribution in [-0.2, 0) is 6.98 Å². The van der Waals surface area contributed by atoms with Crippen molar-refractivity contribution in [2.24, 2.45) is 6.98 Å². The fraction of sp³-hybridized carbons (Fsp3) is 0.500. The van der Waals surface area contributed by atoms with Crippen molar-refractivity contribution in [3.8, 4) is 0 Å². The van der Waals surface area contributed by atoms with Crippen LogP contribution >= 0.6 is 0 Å². The molecule has 0 bridgehead atoms. The molecule has 5 nitrogen and oxygen atoms in total. The van der Waals surface area contributed by atoms with E-state index in [1.165, 1.54) is 13.8 Å². The molecule has 0 radical (unpaired) electrons. The van der Waals surface area contributed by atoms with Gasteiger partial charge < -0.3 is 0 Å². The molecule has 0 amide bonds. The van der Waals surface area contributed by atoms with Crippen LogP contribution in [0.3, 0.4) is 0 Å². The Balaban J connectivity index is 3.39. The quantitative estimate of drug-likeness (QED) is 0.451. The first-order chi connectivity index (χ1) is 6.25. The maximum Gasteiger partial charge on any atom is 0.312 e. The lowest BCUT2D eigenvalue weighted by atomic mass is 10.3. The third kappa shape index (κ3) is 1.09. The van der Waals surface area contributed by atoms with E-state index < -0.39 is 11.9 Å². The smallest absolute Gasteiger partial charge is 0.265 e. The molecule has 1 heterocycles. The molecule has 0 N–H and O–H groups in total. The lowest BCUT2D eigenvalue weighted by molar-refractivity contribution is -0.386. The van der Waals surface area contributed by atoms with Crippen molar-refractivity contribution in [1.82, 2.24) is 9.78 Å². The van der Waals surface area contributed by atoms with Crippen molar-refractivity contribution in [2.45, 2.75) is 13.8 Å². The zero-order chi connectivity index (χ0) is 11.1. The van der Waals surface area contributed by atoms with Crippen LogP contribution in [0.25, 0.3) is 0 Å². The molecule has 0 saturated carbocycles. The van der Waals surface area contributed by atoms with Gasteiger partial charge in [0.25, 0.3) is 0 Å². The Hall–Kier alpha value is -1.39. The normalized spacial score (nSPS) is 15.3. The second-order valence-electron chi connectivity index (χ2n) is 2.19. The number of nitrogens with zero attached hydrogens (tertiary/aromatic N) is 3. The van der Waals surface area contributed by atoms with Gasteiger partial charge in [0.05, 0.1) is 4.92 Å². The van der Waals surface area contributed by atoms with E-state index in [9.17, 15) is 10.1 Å². The minimum Gasteiger partial charge on any atom is -0.265 e. The topological polar surface area (TPSA) is 61.0 Å². The molecular weight excluding hydrogens is 146 g/mol.